The highest BCUT2D eigenvalue weighted by atomic mass is 16.3. The summed E-state index contributed by atoms with van der Waals surface area (Å²) in [6.45, 7) is 3.21. The van der Waals surface area contributed by atoms with Crippen molar-refractivity contribution in [3.8, 4) is 0 Å². The third-order valence-electron chi connectivity index (χ3n) is 2.37. The Kier molecular flexibility index (Phi) is 3.43. The van der Waals surface area contributed by atoms with Gasteiger partial charge in [0.1, 0.15) is 0 Å². The molecule has 4 N–H and O–H groups in total. The minimum absolute atomic E-state index is 0.00565. The predicted molar refractivity (Wildman–Crippen MR) is 55.9 cm³/mol. The molecule has 1 atom stereocenters. The summed E-state index contributed by atoms with van der Waals surface area (Å²) in [5.74, 6) is 0. The van der Waals surface area contributed by atoms with E-state index >= 15 is 0 Å². The van der Waals surface area contributed by atoms with E-state index in [2.05, 4.69) is 5.10 Å². The lowest BCUT2D eigenvalue weighted by atomic mass is 10.2. The number of H-pyrrole nitrogens is 1. The Labute approximate surface area is 86.3 Å². The van der Waals surface area contributed by atoms with Crippen LogP contribution in [0.1, 0.15) is 11.1 Å². The minimum Gasteiger partial charge on any atom is -0.390 e. The van der Waals surface area contributed by atoms with Crippen LogP contribution < -0.4 is 16.9 Å². The lowest BCUT2D eigenvalue weighted by molar-refractivity contribution is 0.154. The smallest absolute Gasteiger partial charge is 0.268 e. The fourth-order valence-corrected chi connectivity index (χ4v) is 1.20. The van der Waals surface area contributed by atoms with Crippen LogP contribution in [0, 0.1) is 13.8 Å². The summed E-state index contributed by atoms with van der Waals surface area (Å²) in [6, 6.07) is 0. The second-order valence-corrected chi connectivity index (χ2v) is 3.50. The van der Waals surface area contributed by atoms with Gasteiger partial charge in [-0.05, 0) is 13.8 Å². The second kappa shape index (κ2) is 4.41. The van der Waals surface area contributed by atoms with Crippen LogP contribution in [0.3, 0.4) is 0 Å². The summed E-state index contributed by atoms with van der Waals surface area (Å²) in [5, 5.41) is 11.7. The Hall–Kier alpha value is -1.40. The van der Waals surface area contributed by atoms with Crippen LogP contribution >= 0.6 is 0 Å². The normalized spacial score (nSPS) is 12.8. The molecular formula is C9H15N3O3. The van der Waals surface area contributed by atoms with E-state index in [9.17, 15) is 14.7 Å². The van der Waals surface area contributed by atoms with Crippen molar-refractivity contribution >= 4 is 0 Å². The highest BCUT2D eigenvalue weighted by molar-refractivity contribution is 5.17. The molecule has 0 fully saturated rings. The summed E-state index contributed by atoms with van der Waals surface area (Å²) < 4.78 is 1.09. The number of nitrogens with two attached hydrogens (primary N) is 1. The Morgan fingerprint density at radius 3 is 2.53 bits per heavy atom. The molecule has 1 aromatic heterocycles. The zero-order valence-electron chi connectivity index (χ0n) is 8.78. The van der Waals surface area contributed by atoms with Gasteiger partial charge in [0.05, 0.1) is 12.6 Å². The third-order valence-corrected chi connectivity index (χ3v) is 2.37. The van der Waals surface area contributed by atoms with Crippen molar-refractivity contribution < 1.29 is 5.11 Å². The van der Waals surface area contributed by atoms with Crippen molar-refractivity contribution in [2.24, 2.45) is 5.73 Å². The van der Waals surface area contributed by atoms with E-state index in [-0.39, 0.29) is 24.2 Å². The van der Waals surface area contributed by atoms with E-state index in [1.54, 1.807) is 13.8 Å². The zero-order chi connectivity index (χ0) is 11.6. The largest absolute Gasteiger partial charge is 0.390 e. The van der Waals surface area contributed by atoms with E-state index in [1.165, 1.54) is 0 Å². The van der Waals surface area contributed by atoms with Gasteiger partial charge in [0.15, 0.2) is 0 Å². The molecule has 0 amide bonds. The predicted octanol–water partition coefficient (Wildman–Crippen LogP) is -1.53. The van der Waals surface area contributed by atoms with E-state index in [4.69, 9.17) is 5.73 Å². The van der Waals surface area contributed by atoms with Crippen LogP contribution in [0.4, 0.5) is 0 Å². The van der Waals surface area contributed by atoms with Crippen LogP contribution in [0.2, 0.25) is 0 Å². The van der Waals surface area contributed by atoms with Crippen LogP contribution in [0.15, 0.2) is 9.59 Å². The molecule has 0 aliphatic heterocycles. The number of aromatic amines is 1. The van der Waals surface area contributed by atoms with Crippen molar-refractivity contribution in [3.05, 3.63) is 31.8 Å². The molecule has 0 saturated carbocycles. The molecule has 0 aromatic carbocycles. The molecule has 6 heteroatoms. The number of rotatable bonds is 3. The maximum absolute atomic E-state index is 11.6. The fraction of sp³-hybridized carbons (Fsp3) is 0.556. The van der Waals surface area contributed by atoms with Crippen molar-refractivity contribution in [3.63, 3.8) is 0 Å². The number of aliphatic hydroxyl groups is 1. The molecule has 0 spiro atoms. The Bertz CT molecular complexity index is 461. The first kappa shape index (κ1) is 11.7. The fourth-order valence-electron chi connectivity index (χ4n) is 1.20. The molecule has 0 saturated heterocycles. The Balaban J connectivity index is 3.21. The summed E-state index contributed by atoms with van der Waals surface area (Å²) in [6.07, 6.45) is -0.833. The molecule has 1 rings (SSSR count). The van der Waals surface area contributed by atoms with E-state index in [1.807, 2.05) is 0 Å². The van der Waals surface area contributed by atoms with Gasteiger partial charge in [-0.25, -0.2) is 4.68 Å². The number of aliphatic hydroxyl groups excluding tert-OH is 1. The molecule has 1 unspecified atom stereocenters. The van der Waals surface area contributed by atoms with Gasteiger partial charge in [-0.15, -0.1) is 0 Å². The van der Waals surface area contributed by atoms with Crippen molar-refractivity contribution in [1.82, 2.24) is 9.78 Å². The summed E-state index contributed by atoms with van der Waals surface area (Å²) in [4.78, 5) is 23.0. The lowest BCUT2D eigenvalue weighted by Crippen LogP contribution is -2.38. The van der Waals surface area contributed by atoms with Crippen LogP contribution in [-0.2, 0) is 6.54 Å². The third kappa shape index (κ3) is 2.34. The molecule has 84 valence electrons. The first-order valence-electron chi connectivity index (χ1n) is 4.65. The van der Waals surface area contributed by atoms with Crippen molar-refractivity contribution in [2.75, 3.05) is 6.54 Å². The quantitative estimate of drug-likeness (QED) is 0.567. The molecule has 0 radical (unpaired) electrons. The second-order valence-electron chi connectivity index (χ2n) is 3.50. The van der Waals surface area contributed by atoms with Gasteiger partial charge in [0.25, 0.3) is 11.1 Å². The Morgan fingerprint density at radius 2 is 2.00 bits per heavy atom. The van der Waals surface area contributed by atoms with Gasteiger partial charge in [0.2, 0.25) is 0 Å². The van der Waals surface area contributed by atoms with Gasteiger partial charge in [-0.1, -0.05) is 0 Å². The molecule has 6 nitrogen and oxygen atoms in total. The highest BCUT2D eigenvalue weighted by Gasteiger charge is 2.09. The SMILES string of the molecule is Cc1c(C)c(=O)n(CC(O)CN)[nH]c1=O. The van der Waals surface area contributed by atoms with Crippen LogP contribution in [-0.4, -0.2) is 27.5 Å². The average molecular weight is 213 g/mol. The van der Waals surface area contributed by atoms with Gasteiger partial charge >= 0.3 is 0 Å². The molecule has 15 heavy (non-hydrogen) atoms. The zero-order valence-corrected chi connectivity index (χ0v) is 8.78. The van der Waals surface area contributed by atoms with Crippen LogP contribution in [0.25, 0.3) is 0 Å². The van der Waals surface area contributed by atoms with Gasteiger partial charge < -0.3 is 10.8 Å². The van der Waals surface area contributed by atoms with Gasteiger partial charge in [-0.3, -0.25) is 14.7 Å². The van der Waals surface area contributed by atoms with Crippen molar-refractivity contribution in [1.29, 1.82) is 0 Å². The van der Waals surface area contributed by atoms with Gasteiger partial charge in [0, 0.05) is 17.7 Å². The summed E-state index contributed by atoms with van der Waals surface area (Å²) >= 11 is 0. The number of hydrogen-bond acceptors (Lipinski definition) is 4. The number of nitrogens with one attached hydrogen (secondary N) is 1. The maximum Gasteiger partial charge on any atom is 0.268 e. The summed E-state index contributed by atoms with van der Waals surface area (Å²) in [5.41, 5.74) is 5.38. The first-order chi connectivity index (χ1) is 6.97. The van der Waals surface area contributed by atoms with Crippen LogP contribution in [0.5, 0.6) is 0 Å². The molecule has 1 aromatic rings. The topological polar surface area (TPSA) is 101 Å². The van der Waals surface area contributed by atoms with Crippen molar-refractivity contribution in [2.45, 2.75) is 26.5 Å². The monoisotopic (exact) mass is 213 g/mol. The van der Waals surface area contributed by atoms with E-state index < -0.39 is 6.10 Å². The Morgan fingerprint density at radius 1 is 1.40 bits per heavy atom. The average Bonchev–Trinajstić information content (AvgIpc) is 2.22. The number of aromatic nitrogens is 2. The highest BCUT2D eigenvalue weighted by Crippen LogP contribution is 1.92. The standard InChI is InChI=1S/C9H15N3O3/c1-5-6(2)9(15)12(11-8(5)14)4-7(13)3-10/h7,13H,3-4,10H2,1-2H3,(H,11,14). The van der Waals surface area contributed by atoms with Gasteiger partial charge in [-0.2, -0.15) is 0 Å². The lowest BCUT2D eigenvalue weighted by Gasteiger charge is -2.11. The molecule has 1 heterocycles. The molecule has 0 aliphatic rings. The molecule has 0 bridgehead atoms. The van der Waals surface area contributed by atoms with E-state index in [0.29, 0.717) is 11.1 Å². The first-order valence-corrected chi connectivity index (χ1v) is 4.65. The molecule has 0 aliphatic carbocycles. The maximum atomic E-state index is 11.6. The van der Waals surface area contributed by atoms with E-state index in [0.717, 1.165) is 4.68 Å². The summed E-state index contributed by atoms with van der Waals surface area (Å²) in [7, 11) is 0. The molecular weight excluding hydrogens is 198 g/mol. The number of nitrogens with zero attached hydrogens (tertiary/aromatic N) is 1. The number of hydrogen-bond donors (Lipinski definition) is 3. The minimum atomic E-state index is -0.833.